The largest absolute Gasteiger partial charge is 0.463 e. The minimum Gasteiger partial charge on any atom is -0.463 e. The first-order valence-corrected chi connectivity index (χ1v) is 8.05. The highest BCUT2D eigenvalue weighted by Gasteiger charge is 2.22. The van der Waals surface area contributed by atoms with E-state index < -0.39 is 0 Å². The van der Waals surface area contributed by atoms with Crippen molar-refractivity contribution in [2.45, 2.75) is 44.4 Å². The molecule has 100 valence electrons. The van der Waals surface area contributed by atoms with Gasteiger partial charge >= 0.3 is 0 Å². The molecule has 1 aliphatic heterocycles. The predicted molar refractivity (Wildman–Crippen MR) is 75.8 cm³/mol. The normalized spacial score (nSPS) is 24.0. The predicted octanol–water partition coefficient (Wildman–Crippen LogP) is 2.47. The molecule has 4 heteroatoms. The smallest absolute Gasteiger partial charge is 0.118 e. The highest BCUT2D eigenvalue weighted by atomic mass is 32.2. The minimum absolute atomic E-state index is 0.730. The van der Waals surface area contributed by atoms with Crippen LogP contribution in [-0.4, -0.2) is 35.5 Å². The molecule has 0 amide bonds. The molecule has 1 unspecified atom stereocenters. The van der Waals surface area contributed by atoms with Gasteiger partial charge in [0.25, 0.3) is 0 Å². The fourth-order valence-corrected chi connectivity index (χ4v) is 3.68. The maximum absolute atomic E-state index is 5.88. The van der Waals surface area contributed by atoms with Crippen molar-refractivity contribution in [2.24, 2.45) is 0 Å². The molecule has 3 rings (SSSR count). The van der Waals surface area contributed by atoms with Gasteiger partial charge in [0.15, 0.2) is 0 Å². The van der Waals surface area contributed by atoms with Gasteiger partial charge in [-0.3, -0.25) is 4.90 Å². The van der Waals surface area contributed by atoms with Gasteiger partial charge in [-0.25, -0.2) is 0 Å². The minimum atomic E-state index is 0.730. The molecule has 3 nitrogen and oxygen atoms in total. The molecule has 0 radical (unpaired) electrons. The van der Waals surface area contributed by atoms with Crippen LogP contribution in [0.15, 0.2) is 16.5 Å². The zero-order valence-corrected chi connectivity index (χ0v) is 11.8. The highest BCUT2D eigenvalue weighted by molar-refractivity contribution is 7.99. The van der Waals surface area contributed by atoms with E-state index in [9.17, 15) is 0 Å². The van der Waals surface area contributed by atoms with Crippen LogP contribution in [0.2, 0.25) is 0 Å². The highest BCUT2D eigenvalue weighted by Crippen LogP contribution is 2.23. The Morgan fingerprint density at radius 1 is 1.33 bits per heavy atom. The molecule has 1 aliphatic carbocycles. The number of nitrogens with one attached hydrogen (secondary N) is 1. The Balaban J connectivity index is 1.48. The third-order valence-corrected chi connectivity index (χ3v) is 4.94. The summed E-state index contributed by atoms with van der Waals surface area (Å²) in [6, 6.07) is 5.72. The van der Waals surface area contributed by atoms with E-state index in [1.807, 2.05) is 0 Å². The van der Waals surface area contributed by atoms with Crippen molar-refractivity contribution in [3.63, 3.8) is 0 Å². The quantitative estimate of drug-likeness (QED) is 0.856. The average Bonchev–Trinajstić information content (AvgIpc) is 2.88. The summed E-state index contributed by atoms with van der Waals surface area (Å²) >= 11 is 2.06. The molecule has 18 heavy (non-hydrogen) atoms. The summed E-state index contributed by atoms with van der Waals surface area (Å²) in [4.78, 5) is 2.43. The first kappa shape index (κ1) is 12.6. The zero-order chi connectivity index (χ0) is 12.4. The van der Waals surface area contributed by atoms with Gasteiger partial charge < -0.3 is 9.73 Å². The summed E-state index contributed by atoms with van der Waals surface area (Å²) in [5.41, 5.74) is 0. The maximum Gasteiger partial charge on any atom is 0.118 e. The lowest BCUT2D eigenvalue weighted by Gasteiger charge is -2.22. The molecular weight excluding hydrogens is 244 g/mol. The summed E-state index contributed by atoms with van der Waals surface area (Å²) in [5, 5.41) is 3.48. The number of hydrogen-bond acceptors (Lipinski definition) is 4. The van der Waals surface area contributed by atoms with Crippen molar-refractivity contribution in [1.29, 1.82) is 0 Å². The van der Waals surface area contributed by atoms with E-state index in [1.54, 1.807) is 0 Å². The van der Waals surface area contributed by atoms with Crippen molar-refractivity contribution in [3.05, 3.63) is 23.7 Å². The summed E-state index contributed by atoms with van der Waals surface area (Å²) in [6.45, 7) is 1.82. The molecule has 2 fully saturated rings. The monoisotopic (exact) mass is 266 g/mol. The van der Waals surface area contributed by atoms with Crippen molar-refractivity contribution in [3.8, 4) is 0 Å². The molecule has 1 saturated carbocycles. The van der Waals surface area contributed by atoms with Gasteiger partial charge in [-0.05, 0) is 44.2 Å². The third-order valence-electron chi connectivity index (χ3n) is 3.79. The molecule has 0 aromatic carbocycles. The lowest BCUT2D eigenvalue weighted by molar-refractivity contribution is 0.231. The fraction of sp³-hybridized carbons (Fsp3) is 0.714. The molecule has 0 bridgehead atoms. The number of nitrogens with zero attached hydrogens (tertiary/aromatic N) is 1. The van der Waals surface area contributed by atoms with Gasteiger partial charge in [0.2, 0.25) is 0 Å². The first-order chi connectivity index (χ1) is 8.81. The second-order valence-electron chi connectivity index (χ2n) is 5.46. The van der Waals surface area contributed by atoms with Crippen LogP contribution >= 0.6 is 11.8 Å². The van der Waals surface area contributed by atoms with E-state index in [2.05, 4.69) is 41.2 Å². The topological polar surface area (TPSA) is 28.4 Å². The second-order valence-corrected chi connectivity index (χ2v) is 6.61. The van der Waals surface area contributed by atoms with E-state index in [-0.39, 0.29) is 0 Å². The van der Waals surface area contributed by atoms with Crippen LogP contribution in [0.25, 0.3) is 0 Å². The van der Waals surface area contributed by atoms with Crippen LogP contribution in [0.1, 0.15) is 30.8 Å². The molecule has 0 spiro atoms. The van der Waals surface area contributed by atoms with E-state index >= 15 is 0 Å². The van der Waals surface area contributed by atoms with Crippen LogP contribution in [0.3, 0.4) is 0 Å². The Bertz CT molecular complexity index is 383. The number of thioether (sulfide) groups is 1. The van der Waals surface area contributed by atoms with E-state index in [0.29, 0.717) is 0 Å². The molecular formula is C14H22N2OS. The van der Waals surface area contributed by atoms with Crippen LogP contribution in [-0.2, 0) is 13.1 Å². The third kappa shape index (κ3) is 3.31. The Hall–Kier alpha value is -0.450. The lowest BCUT2D eigenvalue weighted by atomic mass is 10.2. The number of hydrogen-bond donors (Lipinski definition) is 1. The van der Waals surface area contributed by atoms with E-state index in [0.717, 1.165) is 36.7 Å². The van der Waals surface area contributed by atoms with Gasteiger partial charge in [-0.1, -0.05) is 0 Å². The molecule has 2 aliphatic rings. The fourth-order valence-electron chi connectivity index (χ4n) is 2.38. The van der Waals surface area contributed by atoms with Crippen molar-refractivity contribution >= 4 is 11.8 Å². The van der Waals surface area contributed by atoms with Crippen molar-refractivity contribution in [2.75, 3.05) is 18.6 Å². The van der Waals surface area contributed by atoms with Gasteiger partial charge in [0, 0.05) is 17.8 Å². The molecule has 1 saturated heterocycles. The Kier molecular flexibility index (Phi) is 3.97. The SMILES string of the molecule is CN(Cc1ccc(CNC2CC2)o1)C1CCSC1. The average molecular weight is 266 g/mol. The standard InChI is InChI=1S/C14H22N2OS/c1-16(12-6-7-18-10-12)9-14-5-4-13(17-14)8-15-11-2-3-11/h4-5,11-12,15H,2-3,6-10H2,1H3. The summed E-state index contributed by atoms with van der Waals surface area (Å²) in [5.74, 6) is 4.75. The molecule has 1 N–H and O–H groups in total. The summed E-state index contributed by atoms with van der Waals surface area (Å²) < 4.78 is 5.88. The van der Waals surface area contributed by atoms with Crippen molar-refractivity contribution in [1.82, 2.24) is 10.2 Å². The lowest BCUT2D eigenvalue weighted by Crippen LogP contribution is -2.30. The van der Waals surface area contributed by atoms with Gasteiger partial charge in [-0.15, -0.1) is 0 Å². The van der Waals surface area contributed by atoms with Gasteiger partial charge in [-0.2, -0.15) is 11.8 Å². The van der Waals surface area contributed by atoms with Crippen LogP contribution < -0.4 is 5.32 Å². The van der Waals surface area contributed by atoms with Crippen LogP contribution in [0.4, 0.5) is 0 Å². The van der Waals surface area contributed by atoms with Crippen LogP contribution in [0, 0.1) is 0 Å². The summed E-state index contributed by atoms with van der Waals surface area (Å²) in [6.07, 6.45) is 3.98. The maximum atomic E-state index is 5.88. The Labute approximate surface area is 113 Å². The molecule has 1 atom stereocenters. The zero-order valence-electron chi connectivity index (χ0n) is 11.0. The second kappa shape index (κ2) is 5.68. The molecule has 1 aromatic rings. The first-order valence-electron chi connectivity index (χ1n) is 6.90. The van der Waals surface area contributed by atoms with E-state index in [4.69, 9.17) is 4.42 Å². The molecule has 2 heterocycles. The van der Waals surface area contributed by atoms with Gasteiger partial charge in [0.1, 0.15) is 11.5 Å². The van der Waals surface area contributed by atoms with Gasteiger partial charge in [0.05, 0.1) is 13.1 Å². The van der Waals surface area contributed by atoms with Crippen LogP contribution in [0.5, 0.6) is 0 Å². The number of rotatable bonds is 6. The molecule has 1 aromatic heterocycles. The summed E-state index contributed by atoms with van der Waals surface area (Å²) in [7, 11) is 2.21. The Morgan fingerprint density at radius 3 is 2.89 bits per heavy atom. The number of furan rings is 1. The van der Waals surface area contributed by atoms with Crippen molar-refractivity contribution < 1.29 is 4.42 Å². The Morgan fingerprint density at radius 2 is 2.17 bits per heavy atom. The van der Waals surface area contributed by atoms with E-state index in [1.165, 1.54) is 30.8 Å².